The van der Waals surface area contributed by atoms with Crippen LogP contribution in [0, 0.1) is 6.92 Å². The molecular weight excluding hydrogens is 419 g/mol. The molecule has 0 saturated carbocycles. The van der Waals surface area contributed by atoms with Crippen molar-refractivity contribution < 1.29 is 18.0 Å². The number of nitrogens with zero attached hydrogens (tertiary/aromatic N) is 3. The van der Waals surface area contributed by atoms with Crippen molar-refractivity contribution >= 4 is 23.3 Å². The van der Waals surface area contributed by atoms with Crippen molar-refractivity contribution in [1.29, 1.82) is 0 Å². The van der Waals surface area contributed by atoms with Crippen LogP contribution in [0.1, 0.15) is 35.0 Å². The summed E-state index contributed by atoms with van der Waals surface area (Å²) < 4.78 is 39.5. The fourth-order valence-corrected chi connectivity index (χ4v) is 4.06. The number of rotatable bonds is 2. The molecule has 1 aromatic carbocycles. The lowest BCUT2D eigenvalue weighted by molar-refractivity contribution is -0.137. The van der Waals surface area contributed by atoms with Crippen LogP contribution < -0.4 is 16.0 Å². The number of aryl methyl sites for hydroxylation is 1. The highest BCUT2D eigenvalue weighted by atomic mass is 35.5. The first-order chi connectivity index (χ1) is 14.2. The maximum Gasteiger partial charge on any atom is 0.417 e. The smallest absolute Gasteiger partial charge is 0.330 e. The molecule has 0 aliphatic carbocycles. The van der Waals surface area contributed by atoms with Gasteiger partial charge in [-0.1, -0.05) is 23.7 Å². The zero-order chi connectivity index (χ0) is 21.6. The molecule has 0 saturated heterocycles. The van der Waals surface area contributed by atoms with Gasteiger partial charge >= 0.3 is 6.18 Å². The Morgan fingerprint density at radius 1 is 1.23 bits per heavy atom. The molecule has 0 radical (unpaired) electrons. The Morgan fingerprint density at radius 2 is 1.97 bits per heavy atom. The van der Waals surface area contributed by atoms with E-state index in [0.29, 0.717) is 18.8 Å². The third-order valence-electron chi connectivity index (χ3n) is 5.26. The number of hydrogen-bond acceptors (Lipinski definition) is 5. The summed E-state index contributed by atoms with van der Waals surface area (Å²) in [5.74, 6) is 0.166. The van der Waals surface area contributed by atoms with E-state index in [1.165, 1.54) is 17.0 Å². The summed E-state index contributed by atoms with van der Waals surface area (Å²) in [5, 5.41) is 1.24. The number of hydrazine groups is 2. The van der Waals surface area contributed by atoms with Crippen LogP contribution in [0.15, 0.2) is 47.8 Å². The highest BCUT2D eigenvalue weighted by Crippen LogP contribution is 2.37. The van der Waals surface area contributed by atoms with Crippen molar-refractivity contribution in [2.24, 2.45) is 0 Å². The number of carbonyl (C=O) groups is 1. The third-order valence-corrected chi connectivity index (χ3v) is 5.66. The Morgan fingerprint density at radius 3 is 2.67 bits per heavy atom. The van der Waals surface area contributed by atoms with E-state index in [1.54, 1.807) is 0 Å². The topological polar surface area (TPSA) is 60.5 Å². The number of aromatic nitrogens is 1. The summed E-state index contributed by atoms with van der Waals surface area (Å²) in [7, 11) is 0. The fourth-order valence-electron chi connectivity index (χ4n) is 3.74. The predicted molar refractivity (Wildman–Crippen MR) is 106 cm³/mol. The summed E-state index contributed by atoms with van der Waals surface area (Å²) >= 11 is 5.96. The number of alkyl halides is 3. The molecule has 1 aromatic heterocycles. The van der Waals surface area contributed by atoms with Gasteiger partial charge in [0, 0.05) is 18.7 Å². The molecule has 2 N–H and O–H groups in total. The minimum absolute atomic E-state index is 0.162. The van der Waals surface area contributed by atoms with E-state index >= 15 is 0 Å². The Hall–Kier alpha value is -2.78. The molecular formula is C20H19ClF3N5O. The maximum absolute atomic E-state index is 13.2. The number of nitrogens with one attached hydrogen (secondary N) is 2. The van der Waals surface area contributed by atoms with Crippen LogP contribution in [0.25, 0.3) is 0 Å². The van der Waals surface area contributed by atoms with E-state index in [9.17, 15) is 18.0 Å². The van der Waals surface area contributed by atoms with Gasteiger partial charge in [0.15, 0.2) is 0 Å². The molecule has 1 amide bonds. The Bertz CT molecular complexity index is 1040. The van der Waals surface area contributed by atoms with Crippen molar-refractivity contribution in [3.8, 4) is 0 Å². The summed E-state index contributed by atoms with van der Waals surface area (Å²) in [6.45, 7) is 4.04. The van der Waals surface area contributed by atoms with E-state index < -0.39 is 28.7 Å². The summed E-state index contributed by atoms with van der Waals surface area (Å²) in [6, 6.07) is 8.65. The van der Waals surface area contributed by atoms with Crippen LogP contribution in [-0.4, -0.2) is 28.4 Å². The Balaban J connectivity index is 1.62. The largest absolute Gasteiger partial charge is 0.417 e. The maximum atomic E-state index is 13.2. The van der Waals surface area contributed by atoms with Crippen LogP contribution in [0.4, 0.5) is 19.0 Å². The lowest BCUT2D eigenvalue weighted by Crippen LogP contribution is -2.46. The van der Waals surface area contributed by atoms with Gasteiger partial charge in [0.2, 0.25) is 0 Å². The molecule has 0 bridgehead atoms. The monoisotopic (exact) mass is 437 g/mol. The van der Waals surface area contributed by atoms with Gasteiger partial charge in [0.05, 0.1) is 33.6 Å². The zero-order valence-electron chi connectivity index (χ0n) is 16.2. The third kappa shape index (κ3) is 3.48. The molecule has 4 rings (SSSR count). The minimum atomic E-state index is -4.63. The first-order valence-electron chi connectivity index (χ1n) is 9.33. The lowest BCUT2D eigenvalue weighted by Gasteiger charge is -2.35. The van der Waals surface area contributed by atoms with Crippen molar-refractivity contribution in [3.05, 3.63) is 69.6 Å². The molecule has 6 nitrogen and oxygen atoms in total. The molecule has 1 unspecified atom stereocenters. The number of anilines is 1. The molecule has 2 aromatic rings. The molecule has 0 spiro atoms. The van der Waals surface area contributed by atoms with Gasteiger partial charge < -0.3 is 10.3 Å². The van der Waals surface area contributed by atoms with Gasteiger partial charge in [0.1, 0.15) is 5.82 Å². The first-order valence-corrected chi connectivity index (χ1v) is 9.71. The van der Waals surface area contributed by atoms with E-state index in [1.807, 2.05) is 37.1 Å². The molecule has 158 valence electrons. The highest BCUT2D eigenvalue weighted by Gasteiger charge is 2.39. The SMILES string of the molecule is Cc1cccc(N2NNC3=C2CCN(C(=O)c2cccc(C(F)(F)F)c2Cl)C3C)n1. The fraction of sp³-hybridized carbons (Fsp3) is 0.300. The molecule has 10 heteroatoms. The number of hydrogen-bond donors (Lipinski definition) is 2. The molecule has 2 aliphatic rings. The second kappa shape index (κ2) is 7.48. The average molecular weight is 438 g/mol. The summed E-state index contributed by atoms with van der Waals surface area (Å²) in [5.41, 5.74) is 7.50. The minimum Gasteiger partial charge on any atom is -0.330 e. The normalized spacial score (nSPS) is 19.1. The van der Waals surface area contributed by atoms with Crippen molar-refractivity contribution in [2.45, 2.75) is 32.5 Å². The van der Waals surface area contributed by atoms with Gasteiger partial charge in [-0.05, 0) is 38.1 Å². The number of pyridine rings is 1. The Labute approximate surface area is 176 Å². The molecule has 30 heavy (non-hydrogen) atoms. The zero-order valence-corrected chi connectivity index (χ0v) is 17.0. The summed E-state index contributed by atoms with van der Waals surface area (Å²) in [6.07, 6.45) is -4.13. The number of carbonyl (C=O) groups excluding carboxylic acids is 1. The second-order valence-electron chi connectivity index (χ2n) is 7.16. The van der Waals surface area contributed by atoms with E-state index in [2.05, 4.69) is 15.9 Å². The summed E-state index contributed by atoms with van der Waals surface area (Å²) in [4.78, 5) is 19.1. The highest BCUT2D eigenvalue weighted by molar-refractivity contribution is 6.34. The van der Waals surface area contributed by atoms with Gasteiger partial charge in [-0.25, -0.2) is 9.99 Å². The lowest BCUT2D eigenvalue weighted by atomic mass is 10.0. The van der Waals surface area contributed by atoms with Crippen LogP contribution in [-0.2, 0) is 6.18 Å². The van der Waals surface area contributed by atoms with Crippen molar-refractivity contribution in [1.82, 2.24) is 20.8 Å². The van der Waals surface area contributed by atoms with E-state index in [-0.39, 0.29) is 5.56 Å². The van der Waals surface area contributed by atoms with Gasteiger partial charge in [-0.3, -0.25) is 4.79 Å². The van der Waals surface area contributed by atoms with Gasteiger partial charge in [-0.2, -0.15) is 13.2 Å². The molecule has 0 fully saturated rings. The average Bonchev–Trinajstić information content (AvgIpc) is 3.12. The van der Waals surface area contributed by atoms with E-state index in [4.69, 9.17) is 11.6 Å². The van der Waals surface area contributed by atoms with Crippen LogP contribution in [0.2, 0.25) is 5.02 Å². The number of benzene rings is 1. The van der Waals surface area contributed by atoms with Crippen LogP contribution in [0.3, 0.4) is 0 Å². The van der Waals surface area contributed by atoms with Crippen LogP contribution in [0.5, 0.6) is 0 Å². The quantitative estimate of drug-likeness (QED) is 0.742. The first kappa shape index (κ1) is 20.5. The number of amides is 1. The van der Waals surface area contributed by atoms with Crippen molar-refractivity contribution in [2.75, 3.05) is 11.6 Å². The van der Waals surface area contributed by atoms with Gasteiger partial charge in [-0.15, -0.1) is 5.53 Å². The van der Waals surface area contributed by atoms with Gasteiger partial charge in [0.25, 0.3) is 5.91 Å². The number of halogens is 4. The molecule has 3 heterocycles. The molecule has 2 aliphatic heterocycles. The molecule has 1 atom stereocenters. The second-order valence-corrected chi connectivity index (χ2v) is 7.54. The van der Waals surface area contributed by atoms with Crippen LogP contribution >= 0.6 is 11.6 Å². The Kier molecular flexibility index (Phi) is 5.11. The van der Waals surface area contributed by atoms with Crippen molar-refractivity contribution in [3.63, 3.8) is 0 Å². The predicted octanol–water partition coefficient (Wildman–Crippen LogP) is 4.04. The van der Waals surface area contributed by atoms with E-state index in [0.717, 1.165) is 23.2 Å². The standard InChI is InChI=1S/C20H19ClF3N5O/c1-11-5-3-8-16(25-11)29-15-9-10-28(12(2)18(15)26-27-29)19(30)13-6-4-7-14(17(13)21)20(22,23)24/h3-8,12,26-27H,9-10H2,1-2H3.